The molecule has 2 aliphatic heterocycles. The second kappa shape index (κ2) is 14.6. The molecule has 2 aliphatic rings. The molecular weight excluding hydrogens is 470 g/mol. The number of rotatable bonds is 17. The number of carbonyl (C=O) groups excluding carboxylic acids is 1. The van der Waals surface area contributed by atoms with Crippen molar-refractivity contribution >= 4 is 5.91 Å². The van der Waals surface area contributed by atoms with Crippen molar-refractivity contribution in [2.24, 2.45) is 0 Å². The molecule has 0 bridgehead atoms. The maximum absolute atomic E-state index is 12.5. The van der Waals surface area contributed by atoms with Crippen molar-refractivity contribution in [3.63, 3.8) is 0 Å². The highest BCUT2D eigenvalue weighted by Gasteiger charge is 2.64. The monoisotopic (exact) mass is 519 g/mol. The number of hydrogen-bond donors (Lipinski definition) is 2. The zero-order valence-electron chi connectivity index (χ0n) is 23.4. The highest BCUT2D eigenvalue weighted by atomic mass is 16.9. The Labute approximate surface area is 223 Å². The third-order valence-corrected chi connectivity index (χ3v) is 7.24. The number of amides is 1. The fraction of sp³-hybridized carbons (Fsp3) is 0.767. The lowest BCUT2D eigenvalue weighted by atomic mass is 10.1. The van der Waals surface area contributed by atoms with Gasteiger partial charge in [-0.3, -0.25) is 4.79 Å². The lowest BCUT2D eigenvalue weighted by Crippen LogP contribution is -2.45. The SMILES string of the molecule is CCCCCCCCCCCCOC[C@@]12O[C@@H](CNC(=O)Cc3ccc(C)cc3)[C@@H](O)[C@@H]1OC(C)(C)O2. The van der Waals surface area contributed by atoms with Gasteiger partial charge in [0.15, 0.2) is 5.79 Å². The molecule has 2 N–H and O–H groups in total. The summed E-state index contributed by atoms with van der Waals surface area (Å²) in [6, 6.07) is 7.88. The van der Waals surface area contributed by atoms with E-state index in [1.54, 1.807) is 0 Å². The number of ether oxygens (including phenoxy) is 4. The first-order chi connectivity index (χ1) is 17.7. The Morgan fingerprint density at radius 1 is 0.973 bits per heavy atom. The number of aliphatic hydroxyl groups is 1. The first-order valence-electron chi connectivity index (χ1n) is 14.4. The summed E-state index contributed by atoms with van der Waals surface area (Å²) >= 11 is 0. The molecular formula is C30H49NO6. The molecule has 2 heterocycles. The molecule has 0 saturated carbocycles. The number of aryl methyl sites for hydroxylation is 1. The Bertz CT molecular complexity index is 813. The minimum atomic E-state index is -1.17. The fourth-order valence-electron chi connectivity index (χ4n) is 5.22. The lowest BCUT2D eigenvalue weighted by Gasteiger charge is -2.28. The molecule has 1 aromatic rings. The number of carbonyl (C=O) groups is 1. The standard InChI is InChI=1S/C30H49NO6/c1-5-6-7-8-9-10-11-12-13-14-19-34-22-30-28(36-29(3,4)37-30)27(33)25(35-30)21-31-26(32)20-24-17-15-23(2)16-18-24/h15-18,25,27-28,33H,5-14,19-22H2,1-4H3,(H,31,32)/t25-,27+,28-,30-/m0/s1. The molecule has 0 radical (unpaired) electrons. The Morgan fingerprint density at radius 2 is 1.59 bits per heavy atom. The number of aliphatic hydroxyl groups excluding tert-OH is 1. The topological polar surface area (TPSA) is 86.3 Å². The Morgan fingerprint density at radius 3 is 2.24 bits per heavy atom. The van der Waals surface area contributed by atoms with E-state index < -0.39 is 29.9 Å². The zero-order valence-corrected chi connectivity index (χ0v) is 23.4. The van der Waals surface area contributed by atoms with Crippen LogP contribution in [0.25, 0.3) is 0 Å². The first-order valence-corrected chi connectivity index (χ1v) is 14.4. The van der Waals surface area contributed by atoms with Crippen LogP contribution in [0.4, 0.5) is 0 Å². The van der Waals surface area contributed by atoms with Crippen LogP contribution < -0.4 is 5.32 Å². The van der Waals surface area contributed by atoms with E-state index in [0.717, 1.165) is 24.0 Å². The van der Waals surface area contributed by atoms with Crippen molar-refractivity contribution in [1.29, 1.82) is 0 Å². The van der Waals surface area contributed by atoms with E-state index in [1.807, 2.05) is 45.0 Å². The fourth-order valence-corrected chi connectivity index (χ4v) is 5.22. The van der Waals surface area contributed by atoms with E-state index in [4.69, 9.17) is 18.9 Å². The van der Waals surface area contributed by atoms with Crippen molar-refractivity contribution < 1.29 is 28.8 Å². The van der Waals surface area contributed by atoms with Gasteiger partial charge in [0.2, 0.25) is 11.7 Å². The van der Waals surface area contributed by atoms with Crippen molar-refractivity contribution in [2.75, 3.05) is 19.8 Å². The van der Waals surface area contributed by atoms with Gasteiger partial charge < -0.3 is 29.4 Å². The van der Waals surface area contributed by atoms with E-state index in [0.29, 0.717) is 6.61 Å². The van der Waals surface area contributed by atoms with Crippen LogP contribution in [0.2, 0.25) is 0 Å². The highest BCUT2D eigenvalue weighted by Crippen LogP contribution is 2.45. The summed E-state index contributed by atoms with van der Waals surface area (Å²) in [6.45, 7) is 8.86. The van der Waals surface area contributed by atoms with Gasteiger partial charge in [-0.05, 0) is 32.8 Å². The van der Waals surface area contributed by atoms with Crippen molar-refractivity contribution in [1.82, 2.24) is 5.32 Å². The number of fused-ring (bicyclic) bond motifs is 1. The summed E-state index contributed by atoms with van der Waals surface area (Å²) in [4.78, 5) is 12.5. The van der Waals surface area contributed by atoms with Crippen LogP contribution in [0.15, 0.2) is 24.3 Å². The number of nitrogens with one attached hydrogen (secondary N) is 1. The van der Waals surface area contributed by atoms with Crippen LogP contribution in [-0.2, 0) is 30.2 Å². The van der Waals surface area contributed by atoms with Gasteiger partial charge in [-0.1, -0.05) is 94.5 Å². The average molecular weight is 520 g/mol. The van der Waals surface area contributed by atoms with E-state index >= 15 is 0 Å². The summed E-state index contributed by atoms with van der Waals surface area (Å²) in [7, 11) is 0. The summed E-state index contributed by atoms with van der Waals surface area (Å²) < 4.78 is 24.3. The molecule has 1 aromatic carbocycles. The average Bonchev–Trinajstić information content (AvgIpc) is 3.26. The molecule has 2 fully saturated rings. The molecule has 1 amide bonds. The minimum Gasteiger partial charge on any atom is -0.387 e. The van der Waals surface area contributed by atoms with Crippen LogP contribution in [-0.4, -0.2) is 60.7 Å². The minimum absolute atomic E-state index is 0.120. The second-order valence-corrected chi connectivity index (χ2v) is 11.2. The number of hydrogen-bond acceptors (Lipinski definition) is 6. The van der Waals surface area contributed by atoms with Gasteiger partial charge in [0.25, 0.3) is 0 Å². The second-order valence-electron chi connectivity index (χ2n) is 11.2. The largest absolute Gasteiger partial charge is 0.387 e. The molecule has 4 atom stereocenters. The van der Waals surface area contributed by atoms with Crippen molar-refractivity contribution in [3.05, 3.63) is 35.4 Å². The molecule has 2 saturated heterocycles. The molecule has 210 valence electrons. The van der Waals surface area contributed by atoms with Gasteiger partial charge >= 0.3 is 0 Å². The summed E-state index contributed by atoms with van der Waals surface area (Å²) in [6.07, 6.45) is 10.8. The molecule has 3 rings (SSSR count). The highest BCUT2D eigenvalue weighted by molar-refractivity contribution is 5.78. The molecule has 37 heavy (non-hydrogen) atoms. The van der Waals surface area contributed by atoms with E-state index in [-0.39, 0.29) is 25.5 Å². The zero-order chi connectivity index (χ0) is 26.7. The molecule has 0 aliphatic carbocycles. The predicted octanol–water partition coefficient (Wildman–Crippen LogP) is 5.20. The van der Waals surface area contributed by atoms with Crippen LogP contribution >= 0.6 is 0 Å². The predicted molar refractivity (Wildman–Crippen MR) is 144 cm³/mol. The lowest BCUT2D eigenvalue weighted by molar-refractivity contribution is -0.277. The number of benzene rings is 1. The Balaban J connectivity index is 1.37. The normalized spacial score (nSPS) is 26.4. The van der Waals surface area contributed by atoms with Crippen LogP contribution in [0.1, 0.15) is 96.1 Å². The number of unbranched alkanes of at least 4 members (excludes halogenated alkanes) is 9. The van der Waals surface area contributed by atoms with E-state index in [2.05, 4.69) is 12.2 Å². The van der Waals surface area contributed by atoms with Crippen LogP contribution in [0, 0.1) is 6.92 Å². The smallest absolute Gasteiger partial charge is 0.224 e. The van der Waals surface area contributed by atoms with Gasteiger partial charge in [-0.2, -0.15) is 0 Å². The van der Waals surface area contributed by atoms with Crippen molar-refractivity contribution in [2.45, 2.75) is 128 Å². The van der Waals surface area contributed by atoms with Gasteiger partial charge in [-0.25, -0.2) is 0 Å². The maximum Gasteiger partial charge on any atom is 0.224 e. The molecule has 0 unspecified atom stereocenters. The van der Waals surface area contributed by atoms with Crippen molar-refractivity contribution in [3.8, 4) is 0 Å². The molecule has 0 aromatic heterocycles. The molecule has 7 nitrogen and oxygen atoms in total. The quantitative estimate of drug-likeness (QED) is 0.275. The van der Waals surface area contributed by atoms with E-state index in [1.165, 1.54) is 51.4 Å². The van der Waals surface area contributed by atoms with Crippen LogP contribution in [0.5, 0.6) is 0 Å². The van der Waals surface area contributed by atoms with Crippen LogP contribution in [0.3, 0.4) is 0 Å². The first kappa shape index (κ1) is 30.0. The third kappa shape index (κ3) is 9.32. The van der Waals surface area contributed by atoms with E-state index in [9.17, 15) is 9.90 Å². The molecule has 0 spiro atoms. The van der Waals surface area contributed by atoms with Gasteiger partial charge in [-0.15, -0.1) is 0 Å². The third-order valence-electron chi connectivity index (χ3n) is 7.24. The van der Waals surface area contributed by atoms with Gasteiger partial charge in [0, 0.05) is 13.2 Å². The summed E-state index contributed by atoms with van der Waals surface area (Å²) in [5.41, 5.74) is 2.10. The molecule has 7 heteroatoms. The Kier molecular flexibility index (Phi) is 11.8. The maximum atomic E-state index is 12.5. The summed E-state index contributed by atoms with van der Waals surface area (Å²) in [5, 5.41) is 13.8. The van der Waals surface area contributed by atoms with Gasteiger partial charge in [0.1, 0.15) is 24.9 Å². The Hall–Kier alpha value is -1.51. The summed E-state index contributed by atoms with van der Waals surface area (Å²) in [5.74, 6) is -2.18. The van der Waals surface area contributed by atoms with Gasteiger partial charge in [0.05, 0.1) is 6.42 Å².